The van der Waals surface area contributed by atoms with Crippen LogP contribution in [-0.2, 0) is 38.8 Å². The molecule has 4 aromatic rings. The number of piperazine rings is 1. The Kier molecular flexibility index (Phi) is 9.42. The number of methoxy groups -OCH3 is 1. The molecule has 4 amide bonds. The number of H-pyrrole nitrogens is 1. The number of nitrogens with one attached hydrogen (secondary N) is 3. The van der Waals surface area contributed by atoms with Gasteiger partial charge in [-0.25, -0.2) is 4.39 Å². The third kappa shape index (κ3) is 6.87. The van der Waals surface area contributed by atoms with E-state index in [2.05, 4.69) is 30.6 Å². The summed E-state index contributed by atoms with van der Waals surface area (Å²) in [5, 5.41) is 12.5. The Labute approximate surface area is 288 Å². The average molecular weight is 680 g/mol. The van der Waals surface area contributed by atoms with Gasteiger partial charge in [-0.15, -0.1) is 0 Å². The summed E-state index contributed by atoms with van der Waals surface area (Å²) in [5.74, 6) is -1.89. The van der Waals surface area contributed by atoms with Gasteiger partial charge in [0, 0.05) is 68.6 Å². The highest BCUT2D eigenvalue weighted by atomic mass is 19.1. The molecule has 3 aromatic carbocycles. The smallest absolute Gasteiger partial charge is 0.256 e. The molecule has 3 aliphatic rings. The number of ether oxygens (including phenoxy) is 1. The summed E-state index contributed by atoms with van der Waals surface area (Å²) in [4.78, 5) is 56.3. The SMILES string of the molecule is CO[C@@H](C(=O)N1Cc2[nH]nc(NC(=O)c3ccc(N4CCN(Cc5ccc(C6CCC(=O)NC6=O)c(F)c5)CC4)cc3)c2C1)c1ccccc1. The van der Waals surface area contributed by atoms with Crippen LogP contribution in [0.4, 0.5) is 15.9 Å². The number of hydrogen-bond acceptors (Lipinski definition) is 8. The van der Waals surface area contributed by atoms with Crippen molar-refractivity contribution in [2.75, 3.05) is 43.5 Å². The second-order valence-electron chi connectivity index (χ2n) is 12.9. The van der Waals surface area contributed by atoms with Crippen molar-refractivity contribution < 1.29 is 28.3 Å². The number of anilines is 2. The van der Waals surface area contributed by atoms with Gasteiger partial charge in [0.1, 0.15) is 5.82 Å². The minimum Gasteiger partial charge on any atom is -0.369 e. The van der Waals surface area contributed by atoms with Crippen LogP contribution in [-0.4, -0.2) is 76.9 Å². The van der Waals surface area contributed by atoms with Gasteiger partial charge in [-0.3, -0.25) is 34.5 Å². The minimum atomic E-state index is -0.719. The highest BCUT2D eigenvalue weighted by molar-refractivity contribution is 6.04. The highest BCUT2D eigenvalue weighted by Gasteiger charge is 2.34. The number of aromatic amines is 1. The van der Waals surface area contributed by atoms with Crippen molar-refractivity contribution in [1.29, 1.82) is 0 Å². The fourth-order valence-electron chi connectivity index (χ4n) is 6.94. The van der Waals surface area contributed by atoms with Crippen molar-refractivity contribution in [3.63, 3.8) is 0 Å². The third-order valence-corrected chi connectivity index (χ3v) is 9.71. The molecule has 4 heterocycles. The molecule has 1 unspecified atom stereocenters. The quantitative estimate of drug-likeness (QED) is 0.227. The second-order valence-corrected chi connectivity index (χ2v) is 12.9. The lowest BCUT2D eigenvalue weighted by Crippen LogP contribution is -2.46. The van der Waals surface area contributed by atoms with Crippen LogP contribution in [0.3, 0.4) is 0 Å². The van der Waals surface area contributed by atoms with Gasteiger partial charge in [0.15, 0.2) is 11.9 Å². The molecule has 3 aliphatic heterocycles. The third-order valence-electron chi connectivity index (χ3n) is 9.71. The van der Waals surface area contributed by atoms with Crippen molar-refractivity contribution in [3.8, 4) is 0 Å². The molecule has 2 fully saturated rings. The van der Waals surface area contributed by atoms with E-state index in [0.717, 1.165) is 54.3 Å². The summed E-state index contributed by atoms with van der Waals surface area (Å²) < 4.78 is 20.5. The Morgan fingerprint density at radius 2 is 1.76 bits per heavy atom. The fraction of sp³-hybridized carbons (Fsp3) is 0.324. The van der Waals surface area contributed by atoms with Crippen LogP contribution in [0.5, 0.6) is 0 Å². The Morgan fingerprint density at radius 1 is 1.00 bits per heavy atom. The summed E-state index contributed by atoms with van der Waals surface area (Å²) >= 11 is 0. The number of aromatic nitrogens is 2. The monoisotopic (exact) mass is 679 g/mol. The second kappa shape index (κ2) is 14.2. The number of rotatable bonds is 9. The van der Waals surface area contributed by atoms with Gasteiger partial charge in [-0.05, 0) is 47.9 Å². The molecule has 0 bridgehead atoms. The summed E-state index contributed by atoms with van der Waals surface area (Å²) in [5.41, 5.74) is 4.98. The Hall–Kier alpha value is -5.40. The molecular weight excluding hydrogens is 641 g/mol. The number of halogens is 1. The maximum Gasteiger partial charge on any atom is 0.256 e. The number of imide groups is 1. The van der Waals surface area contributed by atoms with E-state index >= 15 is 0 Å². The van der Waals surface area contributed by atoms with Crippen LogP contribution in [0.1, 0.15) is 63.2 Å². The van der Waals surface area contributed by atoms with E-state index < -0.39 is 23.7 Å². The van der Waals surface area contributed by atoms with Crippen molar-refractivity contribution in [2.24, 2.45) is 0 Å². The molecule has 0 saturated carbocycles. The predicted octanol–water partition coefficient (Wildman–Crippen LogP) is 3.87. The molecule has 0 spiro atoms. The van der Waals surface area contributed by atoms with Crippen molar-refractivity contribution in [2.45, 2.75) is 44.5 Å². The maximum atomic E-state index is 15.0. The van der Waals surface area contributed by atoms with Gasteiger partial charge in [0.2, 0.25) is 11.8 Å². The van der Waals surface area contributed by atoms with Crippen LogP contribution >= 0.6 is 0 Å². The van der Waals surface area contributed by atoms with Crippen molar-refractivity contribution >= 4 is 35.1 Å². The first kappa shape index (κ1) is 33.1. The lowest BCUT2D eigenvalue weighted by Gasteiger charge is -2.36. The van der Waals surface area contributed by atoms with Crippen molar-refractivity contribution in [3.05, 3.63) is 112 Å². The van der Waals surface area contributed by atoms with E-state index in [1.807, 2.05) is 48.5 Å². The average Bonchev–Trinajstić information content (AvgIpc) is 3.72. The first-order chi connectivity index (χ1) is 24.3. The molecule has 258 valence electrons. The zero-order chi connectivity index (χ0) is 34.8. The van der Waals surface area contributed by atoms with Crippen LogP contribution in [0.25, 0.3) is 0 Å². The van der Waals surface area contributed by atoms with Gasteiger partial charge in [0.05, 0.1) is 24.7 Å². The van der Waals surface area contributed by atoms with E-state index in [9.17, 15) is 23.6 Å². The molecule has 2 saturated heterocycles. The Bertz CT molecular complexity index is 1910. The number of amides is 4. The van der Waals surface area contributed by atoms with Gasteiger partial charge in [-0.1, -0.05) is 42.5 Å². The van der Waals surface area contributed by atoms with Gasteiger partial charge < -0.3 is 19.9 Å². The zero-order valence-electron chi connectivity index (χ0n) is 27.7. The molecule has 7 rings (SSSR count). The number of benzene rings is 3. The number of carbonyl (C=O) groups is 4. The van der Waals surface area contributed by atoms with E-state index in [1.54, 1.807) is 23.1 Å². The summed E-state index contributed by atoms with van der Waals surface area (Å²) in [6.07, 6.45) is -0.197. The molecule has 50 heavy (non-hydrogen) atoms. The number of piperidine rings is 1. The van der Waals surface area contributed by atoms with Crippen LogP contribution in [0, 0.1) is 5.82 Å². The largest absolute Gasteiger partial charge is 0.369 e. The van der Waals surface area contributed by atoms with Gasteiger partial charge in [-0.2, -0.15) is 5.10 Å². The first-order valence-electron chi connectivity index (χ1n) is 16.7. The standard InChI is InChI=1S/C37H38FN7O5/c1-50-33(24-5-3-2-4-6-24)37(49)45-21-29-31(22-45)41-42-34(29)40-35(47)25-8-10-26(11-9-25)44-17-15-43(16-18-44)20-23-7-12-27(30(38)19-23)28-13-14-32(46)39-36(28)48/h2-12,19,28,33H,13-18,20-22H2,1H3,(H,39,46,48)(H2,40,41,42,47)/t28?,33-/m1/s1. The Balaban J connectivity index is 0.905. The molecule has 1 aromatic heterocycles. The van der Waals surface area contributed by atoms with E-state index in [0.29, 0.717) is 43.0 Å². The zero-order valence-corrected chi connectivity index (χ0v) is 27.7. The normalized spacial score (nSPS) is 18.5. The number of carbonyl (C=O) groups excluding carboxylic acids is 4. The number of nitrogens with zero attached hydrogens (tertiary/aromatic N) is 4. The summed E-state index contributed by atoms with van der Waals surface area (Å²) in [7, 11) is 1.52. The molecule has 0 radical (unpaired) electrons. The molecule has 2 atom stereocenters. The lowest BCUT2D eigenvalue weighted by atomic mass is 9.89. The van der Waals surface area contributed by atoms with Gasteiger partial charge in [0.25, 0.3) is 11.8 Å². The van der Waals surface area contributed by atoms with Crippen LogP contribution in [0.2, 0.25) is 0 Å². The minimum absolute atomic E-state index is 0.161. The number of fused-ring (bicyclic) bond motifs is 1. The Morgan fingerprint density at radius 3 is 2.46 bits per heavy atom. The lowest BCUT2D eigenvalue weighted by molar-refractivity contribution is -0.143. The summed E-state index contributed by atoms with van der Waals surface area (Å²) in [6.45, 7) is 4.33. The molecular formula is C37H38FN7O5. The molecule has 12 nitrogen and oxygen atoms in total. The van der Waals surface area contributed by atoms with Crippen molar-refractivity contribution in [1.82, 2.24) is 25.3 Å². The van der Waals surface area contributed by atoms with E-state index in [-0.39, 0.29) is 24.1 Å². The van der Waals surface area contributed by atoms with E-state index in [1.165, 1.54) is 13.2 Å². The van der Waals surface area contributed by atoms with Gasteiger partial charge >= 0.3 is 0 Å². The highest BCUT2D eigenvalue weighted by Crippen LogP contribution is 2.31. The first-order valence-corrected chi connectivity index (χ1v) is 16.7. The number of hydrogen-bond donors (Lipinski definition) is 3. The molecule has 3 N–H and O–H groups in total. The topological polar surface area (TPSA) is 140 Å². The molecule has 13 heteroatoms. The van der Waals surface area contributed by atoms with Crippen LogP contribution in [0.15, 0.2) is 72.8 Å². The summed E-state index contributed by atoms with van der Waals surface area (Å²) in [6, 6.07) is 21.8. The molecule has 0 aliphatic carbocycles. The predicted molar refractivity (Wildman–Crippen MR) is 182 cm³/mol. The maximum absolute atomic E-state index is 15.0. The van der Waals surface area contributed by atoms with E-state index in [4.69, 9.17) is 4.74 Å². The fourth-order valence-corrected chi connectivity index (χ4v) is 6.94. The van der Waals surface area contributed by atoms with Crippen LogP contribution < -0.4 is 15.5 Å².